The molecule has 3 heterocycles. The van der Waals surface area contributed by atoms with Crippen molar-refractivity contribution in [2.75, 3.05) is 17.2 Å². The molecule has 4 N–H and O–H groups in total. The zero-order chi connectivity index (χ0) is 27.3. The van der Waals surface area contributed by atoms with Crippen molar-refractivity contribution in [1.29, 1.82) is 5.26 Å². The number of aryl methyl sites for hydroxylation is 1. The number of aromatic nitrogens is 7. The Labute approximate surface area is 216 Å². The number of aliphatic hydroxyl groups is 1. The monoisotopic (exact) mass is 517 g/mol. The molecule has 194 valence electrons. The second kappa shape index (κ2) is 10.9. The molecule has 0 aliphatic carbocycles. The minimum absolute atomic E-state index is 0.140. The number of carbonyl (C=O) groups is 1. The van der Waals surface area contributed by atoms with Gasteiger partial charge in [-0.15, -0.1) is 5.10 Å². The Morgan fingerprint density at radius 2 is 1.87 bits per heavy atom. The summed E-state index contributed by atoms with van der Waals surface area (Å²) in [6.07, 6.45) is 2.37. The fourth-order valence-corrected chi connectivity index (χ4v) is 3.23. The first-order valence-electron chi connectivity index (χ1n) is 11.4. The highest BCUT2D eigenvalue weighted by atomic mass is 19.1. The summed E-state index contributed by atoms with van der Waals surface area (Å²) in [4.78, 5) is 25.3. The number of benzene rings is 1. The van der Waals surface area contributed by atoms with Gasteiger partial charge in [0.25, 0.3) is 5.91 Å². The maximum absolute atomic E-state index is 14.2. The van der Waals surface area contributed by atoms with Gasteiger partial charge in [0, 0.05) is 30.6 Å². The second-order valence-corrected chi connectivity index (χ2v) is 8.81. The van der Waals surface area contributed by atoms with E-state index in [1.165, 1.54) is 32.4 Å². The quantitative estimate of drug-likeness (QED) is 0.256. The third-order valence-electron chi connectivity index (χ3n) is 5.42. The average Bonchev–Trinajstić information content (AvgIpc) is 3.33. The number of rotatable bonds is 9. The molecule has 1 unspecified atom stereocenters. The molecule has 14 heteroatoms. The van der Waals surface area contributed by atoms with Crippen LogP contribution in [0.5, 0.6) is 0 Å². The van der Waals surface area contributed by atoms with Gasteiger partial charge in [0.05, 0.1) is 41.4 Å². The Morgan fingerprint density at radius 3 is 2.47 bits per heavy atom. The molecule has 1 aromatic carbocycles. The van der Waals surface area contributed by atoms with Gasteiger partial charge in [0.1, 0.15) is 18.1 Å². The molecule has 4 aromatic rings. The molecule has 4 rings (SSSR count). The van der Waals surface area contributed by atoms with Crippen molar-refractivity contribution in [3.05, 3.63) is 60.0 Å². The van der Waals surface area contributed by atoms with Crippen LogP contribution in [0.3, 0.4) is 0 Å². The van der Waals surface area contributed by atoms with Gasteiger partial charge in [-0.05, 0) is 48.5 Å². The van der Waals surface area contributed by atoms with Gasteiger partial charge < -0.3 is 21.1 Å². The summed E-state index contributed by atoms with van der Waals surface area (Å²) >= 11 is 0. The van der Waals surface area contributed by atoms with E-state index in [0.29, 0.717) is 28.6 Å². The van der Waals surface area contributed by atoms with E-state index in [1.807, 2.05) is 18.2 Å². The molecule has 38 heavy (non-hydrogen) atoms. The number of hydrogen-bond donors (Lipinski definition) is 4. The Balaban J connectivity index is 1.60. The predicted molar refractivity (Wildman–Crippen MR) is 135 cm³/mol. The largest absolute Gasteiger partial charge is 0.387 e. The van der Waals surface area contributed by atoms with Gasteiger partial charge in [0.2, 0.25) is 5.95 Å². The number of nitrogens with one attached hydrogen (secondary N) is 3. The van der Waals surface area contributed by atoms with Gasteiger partial charge in [-0.1, -0.05) is 0 Å². The fourth-order valence-electron chi connectivity index (χ4n) is 3.23. The summed E-state index contributed by atoms with van der Waals surface area (Å²) in [5.74, 6) is 0.513. The highest BCUT2D eigenvalue weighted by Gasteiger charge is 2.27. The SMILES string of the molecule is Cn1nnnc1-c1ccc(Nc2cc(Nc3ncc(C#N)cn3)ncc2C(=O)NCC(F)C(C)(C)O)cc1. The number of tetrazole rings is 1. The first kappa shape index (κ1) is 26.0. The lowest BCUT2D eigenvalue weighted by Gasteiger charge is -2.22. The van der Waals surface area contributed by atoms with Crippen LogP contribution in [0.25, 0.3) is 11.4 Å². The molecule has 1 amide bonds. The van der Waals surface area contributed by atoms with Crippen molar-refractivity contribution >= 4 is 29.0 Å². The van der Waals surface area contributed by atoms with Crippen LogP contribution in [0, 0.1) is 11.3 Å². The zero-order valence-corrected chi connectivity index (χ0v) is 20.7. The number of halogens is 1. The average molecular weight is 518 g/mol. The topological polar surface area (TPSA) is 179 Å². The normalized spacial score (nSPS) is 11.9. The Morgan fingerprint density at radius 1 is 1.16 bits per heavy atom. The molecule has 13 nitrogen and oxygen atoms in total. The number of carbonyl (C=O) groups excluding carboxylic acids is 1. The van der Waals surface area contributed by atoms with Gasteiger partial charge in [-0.2, -0.15) is 5.26 Å². The van der Waals surface area contributed by atoms with Crippen LogP contribution in [0.15, 0.2) is 48.9 Å². The molecule has 0 saturated carbocycles. The summed E-state index contributed by atoms with van der Waals surface area (Å²) in [5.41, 5.74) is 0.625. The number of amides is 1. The lowest BCUT2D eigenvalue weighted by molar-refractivity contribution is -0.00177. The molecule has 0 fully saturated rings. The zero-order valence-electron chi connectivity index (χ0n) is 20.7. The molecule has 0 bridgehead atoms. The summed E-state index contributed by atoms with van der Waals surface area (Å²) < 4.78 is 15.8. The molecular weight excluding hydrogens is 493 g/mol. The van der Waals surface area contributed by atoms with Gasteiger partial charge >= 0.3 is 0 Å². The lowest BCUT2D eigenvalue weighted by atomic mass is 10.0. The summed E-state index contributed by atoms with van der Waals surface area (Å²) in [6, 6.07) is 10.7. The third kappa shape index (κ3) is 6.20. The van der Waals surface area contributed by atoms with E-state index < -0.39 is 17.7 Å². The molecule has 0 radical (unpaired) electrons. The van der Waals surface area contributed by atoms with E-state index in [2.05, 4.69) is 46.4 Å². The van der Waals surface area contributed by atoms with Crippen LogP contribution in [-0.2, 0) is 7.05 Å². The van der Waals surface area contributed by atoms with Crippen molar-refractivity contribution in [2.24, 2.45) is 7.05 Å². The van der Waals surface area contributed by atoms with Gasteiger partial charge in [0.15, 0.2) is 5.82 Å². The fraction of sp³-hybridized carbons (Fsp3) is 0.250. The molecule has 0 saturated heterocycles. The van der Waals surface area contributed by atoms with Crippen LogP contribution in [0.1, 0.15) is 29.8 Å². The minimum Gasteiger partial charge on any atom is -0.387 e. The number of nitriles is 1. The summed E-state index contributed by atoms with van der Waals surface area (Å²) in [7, 11) is 1.73. The number of hydrogen-bond acceptors (Lipinski definition) is 11. The van der Waals surface area contributed by atoms with E-state index in [1.54, 1.807) is 29.9 Å². The van der Waals surface area contributed by atoms with E-state index >= 15 is 0 Å². The summed E-state index contributed by atoms with van der Waals surface area (Å²) in [5, 5.41) is 38.8. The van der Waals surface area contributed by atoms with Gasteiger partial charge in [-0.25, -0.2) is 24.0 Å². The third-order valence-corrected chi connectivity index (χ3v) is 5.42. The Kier molecular flexibility index (Phi) is 7.49. The first-order valence-corrected chi connectivity index (χ1v) is 11.4. The second-order valence-electron chi connectivity index (χ2n) is 8.81. The molecule has 0 aliphatic rings. The van der Waals surface area contributed by atoms with Crippen molar-refractivity contribution in [2.45, 2.75) is 25.6 Å². The maximum atomic E-state index is 14.2. The minimum atomic E-state index is -1.67. The van der Waals surface area contributed by atoms with Crippen LogP contribution >= 0.6 is 0 Å². The highest BCUT2D eigenvalue weighted by Crippen LogP contribution is 2.26. The number of alkyl halides is 1. The molecular formula is C24H24FN11O2. The van der Waals surface area contributed by atoms with Crippen molar-refractivity contribution in [1.82, 2.24) is 40.5 Å². The van der Waals surface area contributed by atoms with Crippen molar-refractivity contribution in [3.8, 4) is 17.5 Å². The smallest absolute Gasteiger partial charge is 0.255 e. The maximum Gasteiger partial charge on any atom is 0.255 e. The van der Waals surface area contributed by atoms with Gasteiger partial charge in [-0.3, -0.25) is 4.79 Å². The first-order chi connectivity index (χ1) is 18.1. The van der Waals surface area contributed by atoms with Crippen molar-refractivity contribution < 1.29 is 14.3 Å². The van der Waals surface area contributed by atoms with E-state index in [9.17, 15) is 14.3 Å². The predicted octanol–water partition coefficient (Wildman–Crippen LogP) is 2.26. The highest BCUT2D eigenvalue weighted by molar-refractivity contribution is 6.00. The molecule has 0 spiro atoms. The van der Waals surface area contributed by atoms with E-state index in [-0.39, 0.29) is 18.1 Å². The number of pyridine rings is 1. The Bertz CT molecular complexity index is 1460. The molecule has 0 aliphatic heterocycles. The molecule has 1 atom stereocenters. The number of nitrogens with zero attached hydrogens (tertiary/aromatic N) is 8. The standard InChI is InChI=1S/C24H24FN11O2/c1-24(2,38)19(25)13-28-22(37)17-12-27-20(32-23-29-10-14(9-26)11-30-23)8-18(17)31-16-6-4-15(5-7-16)21-33-34-35-36(21)3/h4-8,10-12,19,38H,13H2,1-3H3,(H,28,37)(H2,27,29,30,31,32). The van der Waals surface area contributed by atoms with Crippen LogP contribution in [-0.4, -0.2) is 64.5 Å². The van der Waals surface area contributed by atoms with Crippen molar-refractivity contribution in [3.63, 3.8) is 0 Å². The Hall–Kier alpha value is -5.03. The van der Waals surface area contributed by atoms with Crippen LogP contribution < -0.4 is 16.0 Å². The lowest BCUT2D eigenvalue weighted by Crippen LogP contribution is -2.42. The summed E-state index contributed by atoms with van der Waals surface area (Å²) in [6.45, 7) is 2.26. The van der Waals surface area contributed by atoms with Crippen LogP contribution in [0.2, 0.25) is 0 Å². The van der Waals surface area contributed by atoms with Crippen LogP contribution in [0.4, 0.5) is 27.5 Å². The van der Waals surface area contributed by atoms with E-state index in [0.717, 1.165) is 5.56 Å². The molecule has 3 aromatic heterocycles. The van der Waals surface area contributed by atoms with E-state index in [4.69, 9.17) is 5.26 Å². The number of anilines is 4.